The Kier molecular flexibility index (Phi) is 5.78. The summed E-state index contributed by atoms with van der Waals surface area (Å²) in [6.07, 6.45) is 2.09. The topological polar surface area (TPSA) is 86.0 Å². The Hall–Kier alpha value is -2.83. The molecule has 1 amide bonds. The first kappa shape index (κ1) is 18.9. The van der Waals surface area contributed by atoms with Crippen molar-refractivity contribution in [1.29, 1.82) is 0 Å². The highest BCUT2D eigenvalue weighted by Crippen LogP contribution is 2.22. The van der Waals surface area contributed by atoms with Gasteiger partial charge in [-0.2, -0.15) is 0 Å². The molecule has 7 nitrogen and oxygen atoms in total. The van der Waals surface area contributed by atoms with Gasteiger partial charge in [0.15, 0.2) is 13.2 Å². The fourth-order valence-corrected chi connectivity index (χ4v) is 3.23. The predicted molar refractivity (Wildman–Crippen MR) is 98.7 cm³/mol. The molecule has 1 aliphatic rings. The van der Waals surface area contributed by atoms with E-state index in [1.807, 2.05) is 6.92 Å². The molecule has 7 heteroatoms. The van der Waals surface area contributed by atoms with Gasteiger partial charge in [0.25, 0.3) is 5.91 Å². The van der Waals surface area contributed by atoms with Crippen molar-refractivity contribution in [2.24, 2.45) is 5.92 Å². The van der Waals surface area contributed by atoms with E-state index in [4.69, 9.17) is 13.9 Å². The van der Waals surface area contributed by atoms with Crippen molar-refractivity contribution in [2.45, 2.75) is 26.7 Å². The monoisotopic (exact) mass is 373 g/mol. The van der Waals surface area contributed by atoms with Gasteiger partial charge in [0.1, 0.15) is 11.3 Å². The van der Waals surface area contributed by atoms with Crippen molar-refractivity contribution >= 4 is 22.8 Å². The van der Waals surface area contributed by atoms with Crippen molar-refractivity contribution in [1.82, 2.24) is 4.90 Å². The number of benzene rings is 1. The first-order chi connectivity index (χ1) is 12.9. The van der Waals surface area contributed by atoms with Crippen molar-refractivity contribution < 1.29 is 23.5 Å². The van der Waals surface area contributed by atoms with Crippen LogP contribution >= 0.6 is 0 Å². The molecular weight excluding hydrogens is 350 g/mol. The highest BCUT2D eigenvalue weighted by Gasteiger charge is 2.21. The lowest BCUT2D eigenvalue weighted by atomic mass is 10.0. The first-order valence-corrected chi connectivity index (χ1v) is 9.03. The van der Waals surface area contributed by atoms with Gasteiger partial charge in [-0.3, -0.25) is 4.79 Å². The number of rotatable bonds is 5. The number of hydrogen-bond acceptors (Lipinski definition) is 6. The van der Waals surface area contributed by atoms with E-state index in [-0.39, 0.29) is 19.1 Å². The van der Waals surface area contributed by atoms with Crippen LogP contribution in [0.15, 0.2) is 33.5 Å². The van der Waals surface area contributed by atoms with Crippen molar-refractivity contribution in [3.05, 3.63) is 40.2 Å². The van der Waals surface area contributed by atoms with Gasteiger partial charge in [-0.15, -0.1) is 0 Å². The molecule has 0 spiro atoms. The highest BCUT2D eigenvalue weighted by atomic mass is 16.6. The summed E-state index contributed by atoms with van der Waals surface area (Å²) < 4.78 is 15.5. The van der Waals surface area contributed by atoms with Crippen molar-refractivity contribution in [3.8, 4) is 5.75 Å². The molecule has 27 heavy (non-hydrogen) atoms. The molecule has 2 aromatic rings. The Bertz CT molecular complexity index is 903. The summed E-state index contributed by atoms with van der Waals surface area (Å²) in [6.45, 7) is 4.73. The van der Waals surface area contributed by atoms with Crippen LogP contribution in [-0.2, 0) is 14.3 Å². The maximum Gasteiger partial charge on any atom is 0.344 e. The van der Waals surface area contributed by atoms with Crippen LogP contribution in [0, 0.1) is 12.8 Å². The van der Waals surface area contributed by atoms with Crippen LogP contribution in [0.5, 0.6) is 5.75 Å². The number of amides is 1. The second-order valence-electron chi connectivity index (χ2n) is 6.94. The van der Waals surface area contributed by atoms with Crippen LogP contribution in [0.2, 0.25) is 0 Å². The summed E-state index contributed by atoms with van der Waals surface area (Å²) in [5.41, 5.74) is 0.750. The molecule has 0 bridgehead atoms. The molecule has 2 heterocycles. The molecule has 144 valence electrons. The minimum Gasteiger partial charge on any atom is -0.482 e. The van der Waals surface area contributed by atoms with E-state index < -0.39 is 11.6 Å². The number of piperidine rings is 1. The van der Waals surface area contributed by atoms with Gasteiger partial charge in [-0.25, -0.2) is 9.59 Å². The van der Waals surface area contributed by atoms with E-state index in [1.54, 1.807) is 23.1 Å². The summed E-state index contributed by atoms with van der Waals surface area (Å²) in [6, 6.07) is 6.41. The smallest absolute Gasteiger partial charge is 0.344 e. The largest absolute Gasteiger partial charge is 0.482 e. The molecule has 0 N–H and O–H groups in total. The molecule has 1 unspecified atom stereocenters. The molecule has 1 aromatic carbocycles. The van der Waals surface area contributed by atoms with Crippen LogP contribution in [0.1, 0.15) is 25.3 Å². The summed E-state index contributed by atoms with van der Waals surface area (Å²) in [5, 5.41) is 0.797. The lowest BCUT2D eigenvalue weighted by Crippen LogP contribution is -2.41. The molecule has 1 saturated heterocycles. The average molecular weight is 373 g/mol. The summed E-state index contributed by atoms with van der Waals surface area (Å²) in [7, 11) is 0. The lowest BCUT2D eigenvalue weighted by Gasteiger charge is -2.30. The fraction of sp³-hybridized carbons (Fsp3) is 0.450. The third kappa shape index (κ3) is 4.87. The minimum atomic E-state index is -0.626. The number of hydrogen-bond donors (Lipinski definition) is 0. The van der Waals surface area contributed by atoms with Crippen LogP contribution in [0.4, 0.5) is 0 Å². The number of fused-ring (bicyclic) bond motifs is 1. The van der Waals surface area contributed by atoms with Gasteiger partial charge < -0.3 is 18.8 Å². The quantitative estimate of drug-likeness (QED) is 0.590. The van der Waals surface area contributed by atoms with Gasteiger partial charge in [0.05, 0.1) is 0 Å². The molecule has 1 aliphatic heterocycles. The number of nitrogens with zero attached hydrogens (tertiary/aromatic N) is 1. The predicted octanol–water partition coefficient (Wildman–Crippen LogP) is 2.28. The fourth-order valence-electron chi connectivity index (χ4n) is 3.23. The second kappa shape index (κ2) is 8.24. The molecule has 1 fully saturated rings. The third-order valence-electron chi connectivity index (χ3n) is 4.65. The van der Waals surface area contributed by atoms with Gasteiger partial charge in [0.2, 0.25) is 0 Å². The number of esters is 1. The summed E-state index contributed by atoms with van der Waals surface area (Å²) >= 11 is 0. The molecule has 1 atom stereocenters. The number of likely N-dealkylation sites (tertiary alicyclic amines) is 1. The Morgan fingerprint density at radius 2 is 2.07 bits per heavy atom. The minimum absolute atomic E-state index is 0.183. The summed E-state index contributed by atoms with van der Waals surface area (Å²) in [4.78, 5) is 37.1. The van der Waals surface area contributed by atoms with Gasteiger partial charge in [-0.1, -0.05) is 6.92 Å². The van der Waals surface area contributed by atoms with E-state index in [9.17, 15) is 14.4 Å². The lowest BCUT2D eigenvalue weighted by molar-refractivity contribution is -0.154. The van der Waals surface area contributed by atoms with E-state index in [1.165, 1.54) is 6.07 Å². The van der Waals surface area contributed by atoms with Gasteiger partial charge in [0, 0.05) is 30.6 Å². The maximum atomic E-state index is 12.1. The summed E-state index contributed by atoms with van der Waals surface area (Å²) in [5.74, 6) is 0.0414. The molecule has 1 aromatic heterocycles. The van der Waals surface area contributed by atoms with Gasteiger partial charge in [-0.05, 0) is 43.4 Å². The Morgan fingerprint density at radius 3 is 2.85 bits per heavy atom. The van der Waals surface area contributed by atoms with Crippen LogP contribution < -0.4 is 10.4 Å². The molecule has 0 saturated carbocycles. The Labute approximate surface area is 156 Å². The number of aryl methyl sites for hydroxylation is 1. The van der Waals surface area contributed by atoms with E-state index >= 15 is 0 Å². The van der Waals surface area contributed by atoms with Gasteiger partial charge >= 0.3 is 11.6 Å². The zero-order chi connectivity index (χ0) is 19.4. The SMILES string of the molecule is Cc1cc(=O)oc2cc(OCC(=O)OCC(=O)N3CCCC(C)C3)ccc12. The Morgan fingerprint density at radius 1 is 1.26 bits per heavy atom. The first-order valence-electron chi connectivity index (χ1n) is 9.03. The maximum absolute atomic E-state index is 12.1. The van der Waals surface area contributed by atoms with E-state index in [0.717, 1.165) is 23.8 Å². The number of carbonyl (C=O) groups is 2. The highest BCUT2D eigenvalue weighted by molar-refractivity contribution is 5.82. The zero-order valence-electron chi connectivity index (χ0n) is 15.5. The number of ether oxygens (including phenoxy) is 2. The average Bonchev–Trinajstić information content (AvgIpc) is 2.64. The van der Waals surface area contributed by atoms with Crippen molar-refractivity contribution in [2.75, 3.05) is 26.3 Å². The molecule has 3 rings (SSSR count). The standard InChI is InChI=1S/C20H23NO6/c1-13-4-3-7-21(10-13)18(22)11-26-20(24)12-25-15-5-6-16-14(2)8-19(23)27-17(16)9-15/h5-6,8-9,13H,3-4,7,10-12H2,1-2H3. The normalized spacial score (nSPS) is 17.0. The molecule has 0 radical (unpaired) electrons. The van der Waals surface area contributed by atoms with E-state index in [0.29, 0.717) is 30.3 Å². The van der Waals surface area contributed by atoms with Crippen LogP contribution in [-0.4, -0.2) is 43.1 Å². The molecular formula is C20H23NO6. The zero-order valence-corrected chi connectivity index (χ0v) is 15.5. The molecule has 0 aliphatic carbocycles. The van der Waals surface area contributed by atoms with E-state index in [2.05, 4.69) is 6.92 Å². The van der Waals surface area contributed by atoms with Crippen LogP contribution in [0.3, 0.4) is 0 Å². The Balaban J connectivity index is 1.51. The third-order valence-corrected chi connectivity index (χ3v) is 4.65. The van der Waals surface area contributed by atoms with Crippen molar-refractivity contribution in [3.63, 3.8) is 0 Å². The van der Waals surface area contributed by atoms with Crippen LogP contribution in [0.25, 0.3) is 11.0 Å². The second-order valence-corrected chi connectivity index (χ2v) is 6.94. The number of carbonyl (C=O) groups excluding carboxylic acids is 2.